The van der Waals surface area contributed by atoms with Crippen molar-refractivity contribution in [2.24, 2.45) is 11.7 Å². The van der Waals surface area contributed by atoms with Crippen LogP contribution in [0.1, 0.15) is 32.1 Å². The second kappa shape index (κ2) is 4.31. The zero-order valence-electron chi connectivity index (χ0n) is 7.61. The van der Waals surface area contributed by atoms with Crippen LogP contribution in [0.5, 0.6) is 0 Å². The fraction of sp³-hybridized carbons (Fsp3) is 1.00. The lowest BCUT2D eigenvalue weighted by Crippen LogP contribution is -2.30. The Labute approximate surface area is 76.5 Å². The van der Waals surface area contributed by atoms with E-state index in [0.29, 0.717) is 25.8 Å². The minimum atomic E-state index is -2.56. The number of hydrogen-bond acceptors (Lipinski definition) is 1. The Morgan fingerprint density at radius 3 is 2.31 bits per heavy atom. The highest BCUT2D eigenvalue weighted by molar-refractivity contribution is 4.81. The van der Waals surface area contributed by atoms with Crippen molar-refractivity contribution in [2.45, 2.75) is 44.2 Å². The van der Waals surface area contributed by atoms with Crippen LogP contribution in [0, 0.1) is 5.92 Å². The SMILES string of the molecule is NCCC(F)C1CCC(F)(F)CC1. The van der Waals surface area contributed by atoms with Crippen LogP contribution >= 0.6 is 0 Å². The number of alkyl halides is 3. The van der Waals surface area contributed by atoms with Crippen molar-refractivity contribution in [3.63, 3.8) is 0 Å². The summed E-state index contributed by atoms with van der Waals surface area (Å²) in [5, 5.41) is 0. The Balaban J connectivity index is 2.32. The van der Waals surface area contributed by atoms with E-state index in [-0.39, 0.29) is 18.8 Å². The van der Waals surface area contributed by atoms with Gasteiger partial charge in [0.2, 0.25) is 5.92 Å². The molecular weight excluding hydrogens is 179 g/mol. The molecule has 13 heavy (non-hydrogen) atoms. The molecule has 1 rings (SSSR count). The highest BCUT2D eigenvalue weighted by atomic mass is 19.3. The molecule has 78 valence electrons. The van der Waals surface area contributed by atoms with Crippen LogP contribution in [-0.4, -0.2) is 18.6 Å². The van der Waals surface area contributed by atoms with Gasteiger partial charge in [-0.25, -0.2) is 13.2 Å². The molecule has 1 saturated carbocycles. The van der Waals surface area contributed by atoms with E-state index in [1.807, 2.05) is 0 Å². The number of nitrogens with two attached hydrogens (primary N) is 1. The highest BCUT2D eigenvalue weighted by Gasteiger charge is 2.37. The van der Waals surface area contributed by atoms with E-state index in [2.05, 4.69) is 0 Å². The van der Waals surface area contributed by atoms with E-state index in [1.54, 1.807) is 0 Å². The molecule has 4 heteroatoms. The van der Waals surface area contributed by atoms with Crippen LogP contribution in [0.15, 0.2) is 0 Å². The molecule has 1 nitrogen and oxygen atoms in total. The van der Waals surface area contributed by atoms with Gasteiger partial charge in [0.05, 0.1) is 0 Å². The summed E-state index contributed by atoms with van der Waals surface area (Å²) >= 11 is 0. The van der Waals surface area contributed by atoms with Crippen LogP contribution in [0.2, 0.25) is 0 Å². The molecule has 0 aromatic rings. The largest absolute Gasteiger partial charge is 0.330 e. The second-order valence-electron chi connectivity index (χ2n) is 3.79. The molecule has 1 atom stereocenters. The Hall–Kier alpha value is -0.250. The van der Waals surface area contributed by atoms with Crippen molar-refractivity contribution in [2.75, 3.05) is 6.54 Å². The normalized spacial score (nSPS) is 25.8. The minimum Gasteiger partial charge on any atom is -0.330 e. The minimum absolute atomic E-state index is 0.164. The molecule has 0 aliphatic heterocycles. The van der Waals surface area contributed by atoms with E-state index in [1.165, 1.54) is 0 Å². The summed E-state index contributed by atoms with van der Waals surface area (Å²) in [6.45, 7) is 0.300. The van der Waals surface area contributed by atoms with Crippen molar-refractivity contribution in [3.8, 4) is 0 Å². The maximum Gasteiger partial charge on any atom is 0.248 e. The average molecular weight is 195 g/mol. The van der Waals surface area contributed by atoms with Crippen molar-refractivity contribution >= 4 is 0 Å². The van der Waals surface area contributed by atoms with E-state index < -0.39 is 12.1 Å². The second-order valence-corrected chi connectivity index (χ2v) is 3.79. The lowest BCUT2D eigenvalue weighted by molar-refractivity contribution is -0.0546. The molecule has 0 aromatic carbocycles. The van der Waals surface area contributed by atoms with Gasteiger partial charge in [-0.05, 0) is 31.7 Å². The number of halogens is 3. The predicted octanol–water partition coefficient (Wildman–Crippen LogP) is 2.50. The summed E-state index contributed by atoms with van der Waals surface area (Å²) in [5.74, 6) is -2.75. The van der Waals surface area contributed by atoms with E-state index in [4.69, 9.17) is 5.73 Å². The Morgan fingerprint density at radius 2 is 1.85 bits per heavy atom. The molecule has 0 saturated heterocycles. The van der Waals surface area contributed by atoms with E-state index >= 15 is 0 Å². The van der Waals surface area contributed by atoms with E-state index in [9.17, 15) is 13.2 Å². The summed E-state index contributed by atoms with van der Waals surface area (Å²) in [4.78, 5) is 0. The summed E-state index contributed by atoms with van der Waals surface area (Å²) in [7, 11) is 0. The molecule has 1 fully saturated rings. The van der Waals surface area contributed by atoms with Crippen LogP contribution in [0.3, 0.4) is 0 Å². The van der Waals surface area contributed by atoms with Gasteiger partial charge in [-0.2, -0.15) is 0 Å². The first kappa shape index (κ1) is 10.8. The van der Waals surface area contributed by atoms with Crippen LogP contribution < -0.4 is 5.73 Å². The molecule has 1 aliphatic carbocycles. The first-order valence-electron chi connectivity index (χ1n) is 4.77. The number of rotatable bonds is 3. The van der Waals surface area contributed by atoms with Gasteiger partial charge in [0.25, 0.3) is 0 Å². The monoisotopic (exact) mass is 195 g/mol. The van der Waals surface area contributed by atoms with Gasteiger partial charge >= 0.3 is 0 Å². The van der Waals surface area contributed by atoms with Crippen LogP contribution in [-0.2, 0) is 0 Å². The lowest BCUT2D eigenvalue weighted by Gasteiger charge is -2.30. The fourth-order valence-electron chi connectivity index (χ4n) is 1.82. The lowest BCUT2D eigenvalue weighted by atomic mass is 9.83. The molecule has 0 aromatic heterocycles. The summed E-state index contributed by atoms with van der Waals surface area (Å²) in [5.41, 5.74) is 5.20. The summed E-state index contributed by atoms with van der Waals surface area (Å²) in [6.07, 6.45) is -0.412. The van der Waals surface area contributed by atoms with Crippen molar-refractivity contribution in [1.29, 1.82) is 0 Å². The molecule has 0 radical (unpaired) electrons. The molecule has 0 heterocycles. The van der Waals surface area contributed by atoms with Gasteiger partial charge in [-0.1, -0.05) is 0 Å². The molecule has 0 bridgehead atoms. The van der Waals surface area contributed by atoms with Gasteiger partial charge < -0.3 is 5.73 Å². The topological polar surface area (TPSA) is 26.0 Å². The van der Waals surface area contributed by atoms with Gasteiger partial charge in [0.1, 0.15) is 6.17 Å². The third-order valence-corrected chi connectivity index (χ3v) is 2.72. The van der Waals surface area contributed by atoms with Gasteiger partial charge in [-0.15, -0.1) is 0 Å². The third kappa shape index (κ3) is 3.18. The molecule has 0 spiro atoms. The standard InChI is InChI=1S/C9H16F3N/c10-8(3-6-13)7-1-4-9(11,12)5-2-7/h7-8H,1-6,13H2. The van der Waals surface area contributed by atoms with Crippen molar-refractivity contribution < 1.29 is 13.2 Å². The maximum atomic E-state index is 13.2. The summed E-state index contributed by atoms with van der Waals surface area (Å²) in [6, 6.07) is 0. The van der Waals surface area contributed by atoms with Crippen molar-refractivity contribution in [1.82, 2.24) is 0 Å². The van der Waals surface area contributed by atoms with Crippen molar-refractivity contribution in [3.05, 3.63) is 0 Å². The van der Waals surface area contributed by atoms with Crippen LogP contribution in [0.25, 0.3) is 0 Å². The molecule has 1 aliphatic rings. The average Bonchev–Trinajstić information content (AvgIpc) is 2.04. The Morgan fingerprint density at radius 1 is 1.31 bits per heavy atom. The molecule has 2 N–H and O–H groups in total. The van der Waals surface area contributed by atoms with Gasteiger partial charge in [0, 0.05) is 12.8 Å². The smallest absolute Gasteiger partial charge is 0.248 e. The number of hydrogen-bond donors (Lipinski definition) is 1. The molecule has 0 amide bonds. The van der Waals surface area contributed by atoms with Gasteiger partial charge in [0.15, 0.2) is 0 Å². The van der Waals surface area contributed by atoms with E-state index in [0.717, 1.165) is 0 Å². The highest BCUT2D eigenvalue weighted by Crippen LogP contribution is 2.38. The Bertz CT molecular complexity index is 151. The maximum absolute atomic E-state index is 13.2. The molecular formula is C9H16F3N. The zero-order valence-corrected chi connectivity index (χ0v) is 7.61. The van der Waals surface area contributed by atoms with Gasteiger partial charge in [-0.3, -0.25) is 0 Å². The zero-order chi connectivity index (χ0) is 9.90. The first-order valence-corrected chi connectivity index (χ1v) is 4.77. The predicted molar refractivity (Wildman–Crippen MR) is 45.5 cm³/mol. The van der Waals surface area contributed by atoms with Crippen LogP contribution in [0.4, 0.5) is 13.2 Å². The fourth-order valence-corrected chi connectivity index (χ4v) is 1.82. The third-order valence-electron chi connectivity index (χ3n) is 2.72. The quantitative estimate of drug-likeness (QED) is 0.735. The molecule has 1 unspecified atom stereocenters. The Kier molecular flexibility index (Phi) is 3.59. The summed E-state index contributed by atoms with van der Waals surface area (Å²) < 4.78 is 38.6. The first-order chi connectivity index (χ1) is 6.05.